The van der Waals surface area contributed by atoms with E-state index >= 15 is 0 Å². The lowest BCUT2D eigenvalue weighted by molar-refractivity contribution is 0.489. The van der Waals surface area contributed by atoms with E-state index in [0.29, 0.717) is 29.3 Å². The highest BCUT2D eigenvalue weighted by molar-refractivity contribution is 5.10. The zero-order chi connectivity index (χ0) is 8.81. The molecule has 1 rings (SSSR count). The van der Waals surface area contributed by atoms with Crippen molar-refractivity contribution in [1.82, 2.24) is 0 Å². The van der Waals surface area contributed by atoms with Crippen molar-refractivity contribution in [2.75, 3.05) is 0 Å². The summed E-state index contributed by atoms with van der Waals surface area (Å²) in [7, 11) is 0. The van der Waals surface area contributed by atoms with E-state index in [1.807, 2.05) is 0 Å². The third-order valence-electron chi connectivity index (χ3n) is 3.13. The highest BCUT2D eigenvalue weighted by Crippen LogP contribution is 2.60. The standard InChI is InChI=1S/C9H20N2/c1-5(10)7-8(6(2)11)9(7,3)4/h5-8H,10-11H2,1-4H3. The minimum atomic E-state index is 0.293. The van der Waals surface area contributed by atoms with Gasteiger partial charge in [0.15, 0.2) is 0 Å². The van der Waals surface area contributed by atoms with Crippen LogP contribution in [0.15, 0.2) is 0 Å². The topological polar surface area (TPSA) is 52.0 Å². The molecule has 4 atom stereocenters. The molecule has 1 saturated carbocycles. The zero-order valence-corrected chi connectivity index (χ0v) is 7.96. The van der Waals surface area contributed by atoms with Gasteiger partial charge >= 0.3 is 0 Å². The van der Waals surface area contributed by atoms with Crippen LogP contribution in [0.1, 0.15) is 27.7 Å². The van der Waals surface area contributed by atoms with Gasteiger partial charge in [0.2, 0.25) is 0 Å². The Bertz CT molecular complexity index is 134. The summed E-state index contributed by atoms with van der Waals surface area (Å²) in [5, 5.41) is 0. The van der Waals surface area contributed by atoms with Crippen molar-refractivity contribution in [2.24, 2.45) is 28.7 Å². The maximum Gasteiger partial charge on any atom is 0.00474 e. The highest BCUT2D eigenvalue weighted by atomic mass is 14.8. The second-order valence-electron chi connectivity index (χ2n) is 4.59. The molecular weight excluding hydrogens is 136 g/mol. The van der Waals surface area contributed by atoms with E-state index in [0.717, 1.165) is 0 Å². The molecule has 0 aromatic heterocycles. The average Bonchev–Trinajstić information content (AvgIpc) is 2.33. The first kappa shape index (κ1) is 9.01. The van der Waals surface area contributed by atoms with Gasteiger partial charge in [-0.05, 0) is 31.1 Å². The molecule has 0 radical (unpaired) electrons. The van der Waals surface area contributed by atoms with E-state index in [2.05, 4.69) is 27.7 Å². The first-order valence-electron chi connectivity index (χ1n) is 4.40. The molecule has 0 aromatic rings. The molecule has 0 spiro atoms. The third kappa shape index (κ3) is 1.30. The van der Waals surface area contributed by atoms with Crippen LogP contribution in [-0.2, 0) is 0 Å². The Balaban J connectivity index is 2.61. The highest BCUT2D eigenvalue weighted by Gasteiger charge is 2.60. The molecule has 2 heteroatoms. The minimum absolute atomic E-state index is 0.293. The van der Waals surface area contributed by atoms with Crippen LogP contribution >= 0.6 is 0 Å². The first-order chi connectivity index (χ1) is 4.89. The Morgan fingerprint density at radius 3 is 1.36 bits per heavy atom. The molecule has 66 valence electrons. The van der Waals surface area contributed by atoms with Gasteiger partial charge in [0.1, 0.15) is 0 Å². The average molecular weight is 156 g/mol. The summed E-state index contributed by atoms with van der Waals surface area (Å²) < 4.78 is 0. The molecule has 4 N–H and O–H groups in total. The van der Waals surface area contributed by atoms with Gasteiger partial charge in [0.05, 0.1) is 0 Å². The Hall–Kier alpha value is -0.0800. The van der Waals surface area contributed by atoms with E-state index in [-0.39, 0.29) is 0 Å². The molecule has 1 aliphatic rings. The van der Waals surface area contributed by atoms with Gasteiger partial charge in [-0.2, -0.15) is 0 Å². The van der Waals surface area contributed by atoms with E-state index in [9.17, 15) is 0 Å². The van der Waals surface area contributed by atoms with Gasteiger partial charge in [-0.1, -0.05) is 13.8 Å². The smallest absolute Gasteiger partial charge is 0.00474 e. The molecule has 0 aliphatic heterocycles. The predicted molar refractivity (Wildman–Crippen MR) is 48.1 cm³/mol. The molecule has 11 heavy (non-hydrogen) atoms. The van der Waals surface area contributed by atoms with E-state index in [4.69, 9.17) is 11.5 Å². The maximum absolute atomic E-state index is 5.85. The van der Waals surface area contributed by atoms with Gasteiger partial charge < -0.3 is 11.5 Å². The predicted octanol–water partition coefficient (Wildman–Crippen LogP) is 0.953. The van der Waals surface area contributed by atoms with Crippen molar-refractivity contribution in [3.63, 3.8) is 0 Å². The zero-order valence-electron chi connectivity index (χ0n) is 7.96. The summed E-state index contributed by atoms with van der Waals surface area (Å²) in [5.74, 6) is 1.25. The fraction of sp³-hybridized carbons (Fsp3) is 1.00. The van der Waals surface area contributed by atoms with Crippen LogP contribution in [0.2, 0.25) is 0 Å². The van der Waals surface area contributed by atoms with Crippen LogP contribution in [0.3, 0.4) is 0 Å². The Morgan fingerprint density at radius 1 is 1.00 bits per heavy atom. The van der Waals surface area contributed by atoms with Crippen LogP contribution in [0.4, 0.5) is 0 Å². The number of hydrogen-bond donors (Lipinski definition) is 2. The van der Waals surface area contributed by atoms with Crippen LogP contribution < -0.4 is 11.5 Å². The van der Waals surface area contributed by atoms with Gasteiger partial charge in [0, 0.05) is 12.1 Å². The molecule has 4 unspecified atom stereocenters. The normalized spacial score (nSPS) is 39.8. The van der Waals surface area contributed by atoms with Gasteiger partial charge in [-0.3, -0.25) is 0 Å². The lowest BCUT2D eigenvalue weighted by Gasteiger charge is -2.05. The SMILES string of the molecule is CC(N)C1C(C(C)N)C1(C)C. The van der Waals surface area contributed by atoms with Crippen molar-refractivity contribution in [2.45, 2.75) is 39.8 Å². The Morgan fingerprint density at radius 2 is 1.27 bits per heavy atom. The van der Waals surface area contributed by atoms with Crippen molar-refractivity contribution in [3.8, 4) is 0 Å². The van der Waals surface area contributed by atoms with Crippen molar-refractivity contribution in [3.05, 3.63) is 0 Å². The molecule has 1 aliphatic carbocycles. The summed E-state index contributed by atoms with van der Waals surface area (Å²) in [6, 6.07) is 0.585. The summed E-state index contributed by atoms with van der Waals surface area (Å²) in [4.78, 5) is 0. The quantitative estimate of drug-likeness (QED) is 0.625. The fourth-order valence-electron chi connectivity index (χ4n) is 2.73. The van der Waals surface area contributed by atoms with Crippen LogP contribution in [0.25, 0.3) is 0 Å². The van der Waals surface area contributed by atoms with E-state index in [1.54, 1.807) is 0 Å². The molecule has 0 heterocycles. The van der Waals surface area contributed by atoms with E-state index < -0.39 is 0 Å². The second-order valence-corrected chi connectivity index (χ2v) is 4.59. The third-order valence-corrected chi connectivity index (χ3v) is 3.13. The summed E-state index contributed by atoms with van der Waals surface area (Å²) in [6.07, 6.45) is 0. The molecule has 2 nitrogen and oxygen atoms in total. The number of nitrogens with two attached hydrogens (primary N) is 2. The van der Waals surface area contributed by atoms with Crippen molar-refractivity contribution in [1.29, 1.82) is 0 Å². The van der Waals surface area contributed by atoms with Crippen LogP contribution in [-0.4, -0.2) is 12.1 Å². The Labute approximate surface area is 69.3 Å². The van der Waals surface area contributed by atoms with Gasteiger partial charge in [0.25, 0.3) is 0 Å². The second kappa shape index (κ2) is 2.46. The fourth-order valence-corrected chi connectivity index (χ4v) is 2.73. The van der Waals surface area contributed by atoms with Crippen molar-refractivity contribution < 1.29 is 0 Å². The maximum atomic E-state index is 5.85. The summed E-state index contributed by atoms with van der Waals surface area (Å²) in [5.41, 5.74) is 12.1. The molecule has 0 amide bonds. The van der Waals surface area contributed by atoms with Gasteiger partial charge in [-0.15, -0.1) is 0 Å². The summed E-state index contributed by atoms with van der Waals surface area (Å²) in [6.45, 7) is 8.67. The largest absolute Gasteiger partial charge is 0.328 e. The lowest BCUT2D eigenvalue weighted by Crippen LogP contribution is -2.24. The number of rotatable bonds is 2. The molecule has 0 bridgehead atoms. The lowest BCUT2D eigenvalue weighted by atomic mass is 10.1. The minimum Gasteiger partial charge on any atom is -0.328 e. The summed E-state index contributed by atoms with van der Waals surface area (Å²) >= 11 is 0. The molecular formula is C9H20N2. The van der Waals surface area contributed by atoms with Crippen LogP contribution in [0.5, 0.6) is 0 Å². The molecule has 0 saturated heterocycles. The van der Waals surface area contributed by atoms with Crippen molar-refractivity contribution >= 4 is 0 Å². The first-order valence-corrected chi connectivity index (χ1v) is 4.40. The number of hydrogen-bond acceptors (Lipinski definition) is 2. The molecule has 1 fully saturated rings. The Kier molecular flexibility index (Phi) is 2.01. The monoisotopic (exact) mass is 156 g/mol. The van der Waals surface area contributed by atoms with E-state index in [1.165, 1.54) is 0 Å². The molecule has 0 aromatic carbocycles. The van der Waals surface area contributed by atoms with Gasteiger partial charge in [-0.25, -0.2) is 0 Å². The van der Waals surface area contributed by atoms with Crippen LogP contribution in [0, 0.1) is 17.3 Å².